The predicted molar refractivity (Wildman–Crippen MR) is 81.4 cm³/mol. The van der Waals surface area contributed by atoms with Crippen molar-refractivity contribution in [3.05, 3.63) is 38.7 Å². The highest BCUT2D eigenvalue weighted by atomic mass is 16.4. The van der Waals surface area contributed by atoms with E-state index in [0.717, 1.165) is 14.0 Å². The van der Waals surface area contributed by atoms with Gasteiger partial charge in [-0.25, -0.2) is 14.6 Å². The fourth-order valence-electron chi connectivity index (χ4n) is 2.10. The van der Waals surface area contributed by atoms with Gasteiger partial charge in [-0.15, -0.1) is 0 Å². The van der Waals surface area contributed by atoms with Crippen LogP contribution in [-0.2, 0) is 18.9 Å². The van der Waals surface area contributed by atoms with Crippen LogP contribution >= 0.6 is 0 Å². The number of hydrogen-bond donors (Lipinski definition) is 1. The molecule has 0 aliphatic heterocycles. The maximum Gasteiger partial charge on any atom is 0.332 e. The van der Waals surface area contributed by atoms with Gasteiger partial charge in [-0.2, -0.15) is 0 Å². The van der Waals surface area contributed by atoms with E-state index in [0.29, 0.717) is 0 Å². The molecule has 23 heavy (non-hydrogen) atoms. The normalized spacial score (nSPS) is 12.2. The third-order valence-corrected chi connectivity index (χ3v) is 3.78. The van der Waals surface area contributed by atoms with Gasteiger partial charge in [-0.3, -0.25) is 18.7 Å². The van der Waals surface area contributed by atoms with Crippen LogP contribution in [-0.4, -0.2) is 49.1 Å². The van der Waals surface area contributed by atoms with Crippen molar-refractivity contribution >= 4 is 22.9 Å². The van der Waals surface area contributed by atoms with Gasteiger partial charge in [-0.1, -0.05) is 0 Å². The Labute approximate surface area is 130 Å². The topological polar surface area (TPSA) is 115 Å². The highest BCUT2D eigenvalue weighted by Crippen LogP contribution is 2.09. The number of carboxylic acid groups (broad SMARTS) is 1. The molecule has 0 saturated heterocycles. The lowest BCUT2D eigenvalue weighted by Crippen LogP contribution is -2.41. The van der Waals surface area contributed by atoms with E-state index >= 15 is 0 Å². The number of nitrogens with zero attached hydrogens (tertiary/aromatic N) is 4. The molecular formula is C14H16N4O5. The zero-order chi connectivity index (χ0) is 17.5. The second kappa shape index (κ2) is 5.67. The summed E-state index contributed by atoms with van der Waals surface area (Å²) < 4.78 is 2.11. The first-order valence-corrected chi connectivity index (χ1v) is 6.73. The number of aliphatic carboxylic acids is 1. The molecule has 0 radical (unpaired) electrons. The van der Waals surface area contributed by atoms with Gasteiger partial charge in [0, 0.05) is 21.1 Å². The van der Waals surface area contributed by atoms with Crippen LogP contribution in [0.5, 0.6) is 0 Å². The summed E-state index contributed by atoms with van der Waals surface area (Å²) in [6.45, 7) is 1.37. The van der Waals surface area contributed by atoms with Crippen molar-refractivity contribution in [1.29, 1.82) is 0 Å². The van der Waals surface area contributed by atoms with Crippen molar-refractivity contribution in [2.75, 3.05) is 7.05 Å². The Morgan fingerprint density at radius 3 is 2.39 bits per heavy atom. The highest BCUT2D eigenvalue weighted by Gasteiger charge is 2.24. The van der Waals surface area contributed by atoms with Crippen LogP contribution in [0.2, 0.25) is 0 Å². The van der Waals surface area contributed by atoms with Crippen LogP contribution in [0.1, 0.15) is 17.4 Å². The molecule has 0 aliphatic rings. The van der Waals surface area contributed by atoms with Crippen molar-refractivity contribution in [3.63, 3.8) is 0 Å². The molecular weight excluding hydrogens is 304 g/mol. The Bertz CT molecular complexity index is 927. The lowest BCUT2D eigenvalue weighted by Gasteiger charge is -2.21. The van der Waals surface area contributed by atoms with Gasteiger partial charge in [0.05, 0.1) is 5.39 Å². The maximum absolute atomic E-state index is 12.3. The summed E-state index contributed by atoms with van der Waals surface area (Å²) in [6, 6.07) is 1.70. The quantitative estimate of drug-likeness (QED) is 0.790. The smallest absolute Gasteiger partial charge is 0.332 e. The Hall–Kier alpha value is -2.97. The van der Waals surface area contributed by atoms with E-state index in [4.69, 9.17) is 5.11 Å². The molecule has 1 N–H and O–H groups in total. The van der Waals surface area contributed by atoms with E-state index in [2.05, 4.69) is 4.98 Å². The number of carbonyl (C=O) groups excluding carboxylic acids is 1. The first-order valence-electron chi connectivity index (χ1n) is 6.73. The van der Waals surface area contributed by atoms with Gasteiger partial charge in [-0.05, 0) is 19.1 Å². The molecule has 0 fully saturated rings. The van der Waals surface area contributed by atoms with Crippen molar-refractivity contribution < 1.29 is 14.7 Å². The summed E-state index contributed by atoms with van der Waals surface area (Å²) >= 11 is 0. The van der Waals surface area contributed by atoms with Gasteiger partial charge in [0.15, 0.2) is 0 Å². The van der Waals surface area contributed by atoms with E-state index < -0.39 is 29.2 Å². The van der Waals surface area contributed by atoms with Crippen LogP contribution < -0.4 is 11.2 Å². The molecule has 1 unspecified atom stereocenters. The standard InChI is InChI=1S/C14H16N4O5/c1-7(13(21)22)16(2)12(20)9-6-5-8-10(15-9)17(3)14(23)18(4)11(8)19/h5-7H,1-4H3,(H,21,22). The first kappa shape index (κ1) is 16.4. The number of hydrogen-bond acceptors (Lipinski definition) is 5. The number of carboxylic acids is 1. The molecule has 0 saturated carbocycles. The zero-order valence-electron chi connectivity index (χ0n) is 13.1. The molecule has 1 atom stereocenters. The second-order valence-corrected chi connectivity index (χ2v) is 5.20. The molecule has 2 aromatic rings. The summed E-state index contributed by atoms with van der Waals surface area (Å²) in [6.07, 6.45) is 0. The van der Waals surface area contributed by atoms with E-state index in [1.807, 2.05) is 0 Å². The summed E-state index contributed by atoms with van der Waals surface area (Å²) in [5.74, 6) is -1.77. The average molecular weight is 320 g/mol. The monoisotopic (exact) mass is 320 g/mol. The summed E-state index contributed by atoms with van der Waals surface area (Å²) in [5, 5.41) is 9.16. The highest BCUT2D eigenvalue weighted by molar-refractivity contribution is 5.96. The van der Waals surface area contributed by atoms with Crippen LogP contribution in [0, 0.1) is 0 Å². The molecule has 0 aromatic carbocycles. The van der Waals surface area contributed by atoms with Crippen LogP contribution in [0.25, 0.3) is 11.0 Å². The van der Waals surface area contributed by atoms with Crippen LogP contribution in [0.4, 0.5) is 0 Å². The Balaban J connectivity index is 2.62. The number of aromatic nitrogens is 3. The maximum atomic E-state index is 12.3. The SMILES string of the molecule is CC(C(=O)O)N(C)C(=O)c1ccc2c(=O)n(C)c(=O)n(C)c2n1. The van der Waals surface area contributed by atoms with Crippen molar-refractivity contribution in [2.24, 2.45) is 14.1 Å². The number of carbonyl (C=O) groups is 2. The summed E-state index contributed by atoms with van der Waals surface area (Å²) in [4.78, 5) is 52.3. The third-order valence-electron chi connectivity index (χ3n) is 3.78. The fourth-order valence-corrected chi connectivity index (χ4v) is 2.10. The van der Waals surface area contributed by atoms with Gasteiger partial charge in [0.25, 0.3) is 11.5 Å². The predicted octanol–water partition coefficient (Wildman–Crippen LogP) is -0.823. The minimum absolute atomic E-state index is 0.0450. The molecule has 122 valence electrons. The fraction of sp³-hybridized carbons (Fsp3) is 0.357. The lowest BCUT2D eigenvalue weighted by atomic mass is 10.2. The Kier molecular flexibility index (Phi) is 4.04. The Morgan fingerprint density at radius 2 is 1.83 bits per heavy atom. The van der Waals surface area contributed by atoms with Gasteiger partial charge < -0.3 is 10.0 Å². The van der Waals surface area contributed by atoms with E-state index in [-0.39, 0.29) is 16.7 Å². The van der Waals surface area contributed by atoms with Gasteiger partial charge in [0.2, 0.25) is 0 Å². The van der Waals surface area contributed by atoms with Crippen LogP contribution in [0.3, 0.4) is 0 Å². The van der Waals surface area contributed by atoms with Gasteiger partial charge in [0.1, 0.15) is 17.4 Å². The number of rotatable bonds is 3. The second-order valence-electron chi connectivity index (χ2n) is 5.20. The number of fused-ring (bicyclic) bond motifs is 1. The Morgan fingerprint density at radius 1 is 1.22 bits per heavy atom. The number of pyridine rings is 1. The first-order chi connectivity index (χ1) is 10.7. The molecule has 0 aliphatic carbocycles. The van der Waals surface area contributed by atoms with E-state index in [1.54, 1.807) is 0 Å². The average Bonchev–Trinajstić information content (AvgIpc) is 2.55. The molecule has 0 spiro atoms. The third kappa shape index (κ3) is 2.60. The summed E-state index contributed by atoms with van der Waals surface area (Å²) in [7, 11) is 4.14. The van der Waals surface area contributed by atoms with E-state index in [1.165, 1.54) is 40.2 Å². The molecule has 0 bridgehead atoms. The lowest BCUT2D eigenvalue weighted by molar-refractivity contribution is -0.141. The molecule has 2 rings (SSSR count). The summed E-state index contributed by atoms with van der Waals surface area (Å²) in [5.41, 5.74) is -1.05. The molecule has 1 amide bonds. The zero-order valence-corrected chi connectivity index (χ0v) is 13.1. The van der Waals surface area contributed by atoms with Gasteiger partial charge >= 0.3 is 11.7 Å². The van der Waals surface area contributed by atoms with Crippen molar-refractivity contribution in [3.8, 4) is 0 Å². The molecule has 9 heteroatoms. The van der Waals surface area contributed by atoms with Crippen molar-refractivity contribution in [2.45, 2.75) is 13.0 Å². The van der Waals surface area contributed by atoms with Crippen LogP contribution in [0.15, 0.2) is 21.7 Å². The number of likely N-dealkylation sites (N-methyl/N-ethyl adjacent to an activating group) is 1. The number of aryl methyl sites for hydroxylation is 1. The van der Waals surface area contributed by atoms with Crippen molar-refractivity contribution in [1.82, 2.24) is 19.0 Å². The van der Waals surface area contributed by atoms with E-state index in [9.17, 15) is 19.2 Å². The molecule has 9 nitrogen and oxygen atoms in total. The molecule has 2 heterocycles. The minimum Gasteiger partial charge on any atom is -0.480 e. The minimum atomic E-state index is -1.15. The largest absolute Gasteiger partial charge is 0.480 e. The number of amides is 1. The molecule has 2 aromatic heterocycles.